The maximum atomic E-state index is 5.53. The van der Waals surface area contributed by atoms with E-state index in [1.54, 1.807) is 7.11 Å². The molecule has 0 aliphatic carbocycles. The Balaban J connectivity index is 2.35. The van der Waals surface area contributed by atoms with Gasteiger partial charge in [0.05, 0.1) is 13.2 Å². The van der Waals surface area contributed by atoms with E-state index in [1.165, 1.54) is 5.56 Å². The number of thiol groups is 1. The molecule has 0 atom stereocenters. The van der Waals surface area contributed by atoms with Crippen LogP contribution in [0.5, 0.6) is 5.75 Å². The Kier molecular flexibility index (Phi) is 6.28. The van der Waals surface area contributed by atoms with E-state index in [0.29, 0.717) is 0 Å². The molecule has 0 heterocycles. The van der Waals surface area contributed by atoms with Gasteiger partial charge >= 0.3 is 0 Å². The van der Waals surface area contributed by atoms with E-state index in [0.717, 1.165) is 37.6 Å². The van der Waals surface area contributed by atoms with Gasteiger partial charge < -0.3 is 9.47 Å². The maximum absolute atomic E-state index is 5.53. The molecule has 0 radical (unpaired) electrons. The lowest BCUT2D eigenvalue weighted by atomic mass is 10.1. The molecule has 0 aliphatic rings. The predicted octanol–water partition coefficient (Wildman–Crippen LogP) is 2.57. The summed E-state index contributed by atoms with van der Waals surface area (Å²) in [5, 5.41) is 0. The molecule has 1 aromatic rings. The van der Waals surface area contributed by atoms with Gasteiger partial charge in [0.25, 0.3) is 0 Å². The minimum Gasteiger partial charge on any atom is -0.494 e. The molecule has 0 aromatic heterocycles. The van der Waals surface area contributed by atoms with Crippen molar-refractivity contribution < 1.29 is 9.47 Å². The average Bonchev–Trinajstić information content (AvgIpc) is 2.28. The molecule has 0 bridgehead atoms. The molecular weight excluding hydrogens is 208 g/mol. The van der Waals surface area contributed by atoms with E-state index in [9.17, 15) is 0 Å². The van der Waals surface area contributed by atoms with Crippen LogP contribution < -0.4 is 4.74 Å². The number of rotatable bonds is 7. The topological polar surface area (TPSA) is 18.5 Å². The molecular formula is C12H18O2S. The zero-order chi connectivity index (χ0) is 10.9. The lowest BCUT2D eigenvalue weighted by molar-refractivity contribution is 0.202. The Morgan fingerprint density at radius 2 is 1.87 bits per heavy atom. The van der Waals surface area contributed by atoms with Crippen LogP contribution in [0.3, 0.4) is 0 Å². The van der Waals surface area contributed by atoms with Crippen LogP contribution in [0.25, 0.3) is 0 Å². The van der Waals surface area contributed by atoms with Gasteiger partial charge in [-0.2, -0.15) is 12.6 Å². The molecule has 1 aromatic carbocycles. The average molecular weight is 226 g/mol. The van der Waals surface area contributed by atoms with Gasteiger partial charge in [-0.1, -0.05) is 12.1 Å². The lowest BCUT2D eigenvalue weighted by Crippen LogP contribution is -1.98. The SMILES string of the molecule is COCCc1ccc(OCCCS)cc1. The number of hydrogen-bond acceptors (Lipinski definition) is 3. The van der Waals surface area contributed by atoms with Gasteiger partial charge in [-0.25, -0.2) is 0 Å². The highest BCUT2D eigenvalue weighted by atomic mass is 32.1. The van der Waals surface area contributed by atoms with Gasteiger partial charge in [0.2, 0.25) is 0 Å². The van der Waals surface area contributed by atoms with E-state index < -0.39 is 0 Å². The highest BCUT2D eigenvalue weighted by Gasteiger charge is 1.95. The van der Waals surface area contributed by atoms with Crippen LogP contribution in [0.4, 0.5) is 0 Å². The van der Waals surface area contributed by atoms with Gasteiger partial charge in [0.1, 0.15) is 5.75 Å². The second kappa shape index (κ2) is 7.60. The fourth-order valence-electron chi connectivity index (χ4n) is 1.23. The molecule has 0 fully saturated rings. The van der Waals surface area contributed by atoms with Crippen molar-refractivity contribution in [1.29, 1.82) is 0 Å². The van der Waals surface area contributed by atoms with Crippen molar-refractivity contribution >= 4 is 12.6 Å². The molecule has 0 N–H and O–H groups in total. The van der Waals surface area contributed by atoms with Crippen LogP contribution in [0.1, 0.15) is 12.0 Å². The molecule has 0 spiro atoms. The maximum Gasteiger partial charge on any atom is 0.119 e. The Bertz CT molecular complexity index is 259. The molecule has 0 unspecified atom stereocenters. The molecule has 1 rings (SSSR count). The van der Waals surface area contributed by atoms with E-state index in [4.69, 9.17) is 9.47 Å². The molecule has 0 aliphatic heterocycles. The van der Waals surface area contributed by atoms with E-state index in [2.05, 4.69) is 24.8 Å². The summed E-state index contributed by atoms with van der Waals surface area (Å²) in [5.41, 5.74) is 1.28. The van der Waals surface area contributed by atoms with Crippen molar-refractivity contribution in [1.82, 2.24) is 0 Å². The molecule has 0 saturated carbocycles. The summed E-state index contributed by atoms with van der Waals surface area (Å²) >= 11 is 4.13. The first kappa shape index (κ1) is 12.4. The Hall–Kier alpha value is -0.670. The summed E-state index contributed by atoms with van der Waals surface area (Å²) in [5.74, 6) is 1.80. The zero-order valence-electron chi connectivity index (χ0n) is 9.11. The van der Waals surface area contributed by atoms with Crippen molar-refractivity contribution in [3.05, 3.63) is 29.8 Å². The van der Waals surface area contributed by atoms with E-state index in [1.807, 2.05) is 12.1 Å². The molecule has 15 heavy (non-hydrogen) atoms. The number of benzene rings is 1. The third-order valence-corrected chi connectivity index (χ3v) is 2.41. The first-order valence-electron chi connectivity index (χ1n) is 5.18. The minimum absolute atomic E-state index is 0.737. The first-order chi connectivity index (χ1) is 7.36. The number of methoxy groups -OCH3 is 1. The molecule has 84 valence electrons. The summed E-state index contributed by atoms with van der Waals surface area (Å²) in [7, 11) is 1.72. The normalized spacial score (nSPS) is 10.3. The summed E-state index contributed by atoms with van der Waals surface area (Å²) < 4.78 is 10.5. The van der Waals surface area contributed by atoms with Crippen LogP contribution in [0.2, 0.25) is 0 Å². The second-order valence-electron chi connectivity index (χ2n) is 3.31. The largest absolute Gasteiger partial charge is 0.494 e. The fraction of sp³-hybridized carbons (Fsp3) is 0.500. The summed E-state index contributed by atoms with van der Waals surface area (Å²) in [6.45, 7) is 1.50. The highest BCUT2D eigenvalue weighted by Crippen LogP contribution is 2.12. The Morgan fingerprint density at radius 3 is 2.47 bits per heavy atom. The summed E-state index contributed by atoms with van der Waals surface area (Å²) in [6, 6.07) is 8.16. The first-order valence-corrected chi connectivity index (χ1v) is 5.81. The van der Waals surface area contributed by atoms with Crippen molar-refractivity contribution in [2.45, 2.75) is 12.8 Å². The van der Waals surface area contributed by atoms with Crippen LogP contribution in [0.15, 0.2) is 24.3 Å². The number of hydrogen-bond donors (Lipinski definition) is 1. The summed E-state index contributed by atoms with van der Waals surface area (Å²) in [6.07, 6.45) is 1.93. The van der Waals surface area contributed by atoms with Gasteiger partial charge in [-0.3, -0.25) is 0 Å². The zero-order valence-corrected chi connectivity index (χ0v) is 10.0. The van der Waals surface area contributed by atoms with Crippen LogP contribution in [-0.4, -0.2) is 26.1 Å². The van der Waals surface area contributed by atoms with E-state index >= 15 is 0 Å². The fourth-order valence-corrected chi connectivity index (χ4v) is 1.36. The quantitative estimate of drug-likeness (QED) is 0.569. The van der Waals surface area contributed by atoms with Gasteiger partial charge in [-0.05, 0) is 36.3 Å². The third-order valence-electron chi connectivity index (χ3n) is 2.09. The minimum atomic E-state index is 0.737. The molecule has 0 saturated heterocycles. The monoisotopic (exact) mass is 226 g/mol. The van der Waals surface area contributed by atoms with Gasteiger partial charge in [0.15, 0.2) is 0 Å². The second-order valence-corrected chi connectivity index (χ2v) is 3.76. The van der Waals surface area contributed by atoms with Crippen molar-refractivity contribution in [3.63, 3.8) is 0 Å². The van der Waals surface area contributed by atoms with Crippen LogP contribution in [0, 0.1) is 0 Å². The smallest absolute Gasteiger partial charge is 0.119 e. The van der Waals surface area contributed by atoms with E-state index in [-0.39, 0.29) is 0 Å². The molecule has 3 heteroatoms. The Morgan fingerprint density at radius 1 is 1.13 bits per heavy atom. The third kappa shape index (κ3) is 5.09. The standard InChI is InChI=1S/C12H18O2S/c1-13-9-7-11-3-5-12(6-4-11)14-8-2-10-15/h3-6,15H,2,7-10H2,1H3. The van der Waals surface area contributed by atoms with Crippen molar-refractivity contribution in [3.8, 4) is 5.75 Å². The lowest BCUT2D eigenvalue weighted by Gasteiger charge is -2.06. The number of ether oxygens (including phenoxy) is 2. The van der Waals surface area contributed by atoms with Gasteiger partial charge in [0, 0.05) is 7.11 Å². The molecule has 0 amide bonds. The van der Waals surface area contributed by atoms with Crippen LogP contribution in [-0.2, 0) is 11.2 Å². The van der Waals surface area contributed by atoms with Crippen molar-refractivity contribution in [2.24, 2.45) is 0 Å². The van der Waals surface area contributed by atoms with Crippen molar-refractivity contribution in [2.75, 3.05) is 26.1 Å². The Labute approximate surface area is 97.0 Å². The van der Waals surface area contributed by atoms with Gasteiger partial charge in [-0.15, -0.1) is 0 Å². The predicted molar refractivity (Wildman–Crippen MR) is 66.0 cm³/mol. The highest BCUT2D eigenvalue weighted by molar-refractivity contribution is 7.80. The summed E-state index contributed by atoms with van der Waals surface area (Å²) in [4.78, 5) is 0. The molecule has 2 nitrogen and oxygen atoms in total. The van der Waals surface area contributed by atoms with Crippen LogP contribution >= 0.6 is 12.6 Å².